The molecule has 2 amide bonds. The number of rotatable bonds is 14. The lowest BCUT2D eigenvalue weighted by Crippen LogP contribution is -2.57. The van der Waals surface area contributed by atoms with E-state index in [9.17, 15) is 19.2 Å². The first kappa shape index (κ1) is 33.4. The van der Waals surface area contributed by atoms with Crippen molar-refractivity contribution in [3.8, 4) is 0 Å². The SMILES string of the molecule is CCC[C@H](CC(=O)[C@@H]1C[C@]2(CC(CC)=NO2)CN1C(=O)[C@@H](NC(=O)O[C@@H]1CCOC1)C(C)(C)C)C(OC)C(=O)CC1CC1. The predicted molar refractivity (Wildman–Crippen MR) is 160 cm³/mol. The van der Waals surface area contributed by atoms with E-state index >= 15 is 0 Å². The fourth-order valence-corrected chi connectivity index (χ4v) is 6.61. The molecule has 1 unspecified atom stereocenters. The maximum atomic E-state index is 14.3. The summed E-state index contributed by atoms with van der Waals surface area (Å²) >= 11 is 0. The highest BCUT2D eigenvalue weighted by Crippen LogP contribution is 2.41. The molecule has 1 spiro atoms. The van der Waals surface area contributed by atoms with E-state index in [2.05, 4.69) is 10.5 Å². The molecule has 4 aliphatic rings. The molecule has 4 rings (SSSR count). The van der Waals surface area contributed by atoms with Gasteiger partial charge in [-0.2, -0.15) is 0 Å². The van der Waals surface area contributed by atoms with Gasteiger partial charge in [-0.05, 0) is 42.9 Å². The van der Waals surface area contributed by atoms with E-state index in [0.717, 1.165) is 25.0 Å². The summed E-state index contributed by atoms with van der Waals surface area (Å²) in [7, 11) is 1.54. The summed E-state index contributed by atoms with van der Waals surface area (Å²) in [5.41, 5.74) is -0.579. The predicted octanol–water partition coefficient (Wildman–Crippen LogP) is 4.20. The summed E-state index contributed by atoms with van der Waals surface area (Å²) in [6.07, 6.45) is 4.65. The fourth-order valence-electron chi connectivity index (χ4n) is 6.61. The van der Waals surface area contributed by atoms with Gasteiger partial charge in [0.05, 0.1) is 31.5 Å². The van der Waals surface area contributed by atoms with Gasteiger partial charge in [0, 0.05) is 39.2 Å². The molecule has 11 nitrogen and oxygen atoms in total. The van der Waals surface area contributed by atoms with E-state index in [1.165, 1.54) is 7.11 Å². The van der Waals surface area contributed by atoms with Crippen molar-refractivity contribution in [3.05, 3.63) is 0 Å². The number of hydrogen-bond donors (Lipinski definition) is 1. The third-order valence-corrected chi connectivity index (χ3v) is 9.20. The van der Waals surface area contributed by atoms with E-state index in [-0.39, 0.29) is 42.5 Å². The smallest absolute Gasteiger partial charge is 0.408 e. The Hall–Kier alpha value is -2.53. The highest BCUT2D eigenvalue weighted by atomic mass is 16.7. The van der Waals surface area contributed by atoms with E-state index in [1.54, 1.807) is 4.90 Å². The molecule has 11 heteroatoms. The molecule has 0 radical (unpaired) electrons. The molecule has 6 atom stereocenters. The second-order valence-electron chi connectivity index (χ2n) is 14.0. The molecule has 242 valence electrons. The van der Waals surface area contributed by atoms with Crippen LogP contribution in [-0.2, 0) is 33.4 Å². The molecule has 0 bridgehead atoms. The fraction of sp³-hybridized carbons (Fsp3) is 0.844. The van der Waals surface area contributed by atoms with E-state index in [4.69, 9.17) is 19.0 Å². The summed E-state index contributed by atoms with van der Waals surface area (Å²) in [5, 5.41) is 7.06. The van der Waals surface area contributed by atoms with Crippen LogP contribution in [0.4, 0.5) is 4.79 Å². The number of oxime groups is 1. The Morgan fingerprint density at radius 3 is 2.47 bits per heavy atom. The van der Waals surface area contributed by atoms with Crippen molar-refractivity contribution in [2.75, 3.05) is 26.9 Å². The number of likely N-dealkylation sites (tertiary alicyclic amines) is 1. The van der Waals surface area contributed by atoms with Crippen LogP contribution in [0, 0.1) is 17.3 Å². The molecule has 2 saturated heterocycles. The number of hydrogen-bond acceptors (Lipinski definition) is 9. The van der Waals surface area contributed by atoms with Crippen LogP contribution >= 0.6 is 0 Å². The Morgan fingerprint density at radius 1 is 1.16 bits per heavy atom. The zero-order valence-corrected chi connectivity index (χ0v) is 26.8. The zero-order chi connectivity index (χ0) is 31.4. The lowest BCUT2D eigenvalue weighted by molar-refractivity contribution is -0.143. The van der Waals surface area contributed by atoms with Gasteiger partial charge in [-0.25, -0.2) is 4.79 Å². The Kier molecular flexibility index (Phi) is 10.9. The number of carbonyl (C=O) groups excluding carboxylic acids is 4. The lowest BCUT2D eigenvalue weighted by Gasteiger charge is -2.35. The van der Waals surface area contributed by atoms with Crippen LogP contribution in [0.25, 0.3) is 0 Å². The standard InChI is InChI=1S/C32H51N3O8/c1-7-9-21(27(40-6)26(37)14-20-10-11-20)15-25(36)24-17-32(16-22(8-2)34-43-32)19-35(24)29(38)28(31(3,4)5)33-30(39)42-23-12-13-41-18-23/h20-21,23-24,27-28H,7-19H2,1-6H3,(H,33,39)/t21-,23-,24+,27?,28-,32-/m1/s1. The summed E-state index contributed by atoms with van der Waals surface area (Å²) < 4.78 is 16.5. The molecule has 0 aromatic carbocycles. The molecule has 1 N–H and O–H groups in total. The highest BCUT2D eigenvalue weighted by Gasteiger charge is 2.55. The molecular formula is C32H51N3O8. The van der Waals surface area contributed by atoms with Crippen LogP contribution in [0.2, 0.25) is 0 Å². The monoisotopic (exact) mass is 605 g/mol. The van der Waals surface area contributed by atoms with Gasteiger partial charge in [0.25, 0.3) is 0 Å². The van der Waals surface area contributed by atoms with Gasteiger partial charge in [0.1, 0.15) is 18.2 Å². The van der Waals surface area contributed by atoms with Crippen LogP contribution in [-0.4, -0.2) is 90.9 Å². The topological polar surface area (TPSA) is 133 Å². The average molecular weight is 606 g/mol. The van der Waals surface area contributed by atoms with Gasteiger partial charge in [0.2, 0.25) is 5.91 Å². The average Bonchev–Trinajstić information content (AvgIpc) is 3.32. The third kappa shape index (κ3) is 8.35. The molecule has 3 aliphatic heterocycles. The van der Waals surface area contributed by atoms with Crippen LogP contribution in [0.1, 0.15) is 98.8 Å². The molecule has 0 aromatic heterocycles. The molecule has 1 saturated carbocycles. The molecule has 3 fully saturated rings. The number of nitrogens with zero attached hydrogens (tertiary/aromatic N) is 2. The van der Waals surface area contributed by atoms with Crippen molar-refractivity contribution in [1.82, 2.24) is 10.2 Å². The van der Waals surface area contributed by atoms with Crippen molar-refractivity contribution in [1.29, 1.82) is 0 Å². The maximum absolute atomic E-state index is 14.3. The highest BCUT2D eigenvalue weighted by molar-refractivity contribution is 5.95. The van der Waals surface area contributed by atoms with Gasteiger partial charge in [-0.3, -0.25) is 14.4 Å². The Morgan fingerprint density at radius 2 is 1.91 bits per heavy atom. The first-order valence-corrected chi connectivity index (χ1v) is 16.1. The molecule has 3 heterocycles. The summed E-state index contributed by atoms with van der Waals surface area (Å²) in [4.78, 5) is 62.0. The minimum Gasteiger partial charge on any atom is -0.444 e. The summed E-state index contributed by atoms with van der Waals surface area (Å²) in [5.74, 6) is -0.300. The lowest BCUT2D eigenvalue weighted by atomic mass is 9.84. The van der Waals surface area contributed by atoms with Crippen LogP contribution < -0.4 is 5.32 Å². The van der Waals surface area contributed by atoms with Gasteiger partial charge in [-0.15, -0.1) is 0 Å². The number of carbonyl (C=O) groups is 4. The van der Waals surface area contributed by atoms with E-state index < -0.39 is 35.3 Å². The van der Waals surface area contributed by atoms with Crippen LogP contribution in [0.5, 0.6) is 0 Å². The normalized spacial score (nSPS) is 27.4. The van der Waals surface area contributed by atoms with E-state index in [1.807, 2.05) is 34.6 Å². The second-order valence-corrected chi connectivity index (χ2v) is 14.0. The van der Waals surface area contributed by atoms with Crippen LogP contribution in [0.15, 0.2) is 5.16 Å². The molecule has 0 aromatic rings. The van der Waals surface area contributed by atoms with E-state index in [0.29, 0.717) is 57.7 Å². The van der Waals surface area contributed by atoms with Gasteiger partial charge >= 0.3 is 6.09 Å². The summed E-state index contributed by atoms with van der Waals surface area (Å²) in [6.45, 7) is 10.7. The number of amides is 2. The molecular weight excluding hydrogens is 554 g/mol. The number of Topliss-reactive ketones (excluding diaryl/α,β-unsaturated/α-hetero) is 2. The van der Waals surface area contributed by atoms with Gasteiger partial charge in [-0.1, -0.05) is 46.2 Å². The van der Waals surface area contributed by atoms with Crippen molar-refractivity contribution < 1.29 is 38.2 Å². The minimum atomic E-state index is -0.945. The van der Waals surface area contributed by atoms with Crippen molar-refractivity contribution in [2.45, 2.75) is 129 Å². The maximum Gasteiger partial charge on any atom is 0.408 e. The number of methoxy groups -OCH3 is 1. The number of alkyl carbamates (subject to hydrolysis) is 1. The van der Waals surface area contributed by atoms with Gasteiger partial charge in [0.15, 0.2) is 17.2 Å². The largest absolute Gasteiger partial charge is 0.444 e. The molecule has 43 heavy (non-hydrogen) atoms. The Labute approximate surface area is 255 Å². The Balaban J connectivity index is 1.55. The second kappa shape index (κ2) is 14.1. The van der Waals surface area contributed by atoms with Gasteiger partial charge < -0.3 is 29.3 Å². The zero-order valence-electron chi connectivity index (χ0n) is 26.8. The third-order valence-electron chi connectivity index (χ3n) is 9.20. The first-order chi connectivity index (χ1) is 20.4. The van der Waals surface area contributed by atoms with Crippen molar-refractivity contribution >= 4 is 29.3 Å². The first-order valence-electron chi connectivity index (χ1n) is 16.1. The number of ketones is 2. The number of nitrogens with one attached hydrogen (secondary N) is 1. The molecule has 1 aliphatic carbocycles. The van der Waals surface area contributed by atoms with Crippen LogP contribution in [0.3, 0.4) is 0 Å². The van der Waals surface area contributed by atoms with Crippen molar-refractivity contribution in [2.24, 2.45) is 22.4 Å². The number of ether oxygens (including phenoxy) is 3. The van der Waals surface area contributed by atoms with Crippen molar-refractivity contribution in [3.63, 3.8) is 0 Å². The quantitative estimate of drug-likeness (QED) is 0.312. The minimum absolute atomic E-state index is 0.0513. The summed E-state index contributed by atoms with van der Waals surface area (Å²) in [6, 6.07) is -1.72. The Bertz CT molecular complexity index is 1060.